The summed E-state index contributed by atoms with van der Waals surface area (Å²) in [6, 6.07) is 5.61. The Morgan fingerprint density at radius 3 is 2.78 bits per heavy atom. The van der Waals surface area contributed by atoms with Crippen LogP contribution in [0, 0.1) is 12.7 Å². The highest BCUT2D eigenvalue weighted by molar-refractivity contribution is 7.91. The number of halogens is 1. The molecule has 9 heteroatoms. The highest BCUT2D eigenvalue weighted by atomic mass is 32.2. The van der Waals surface area contributed by atoms with Crippen molar-refractivity contribution >= 4 is 15.7 Å². The van der Waals surface area contributed by atoms with Gasteiger partial charge in [-0.25, -0.2) is 17.5 Å². The molecule has 0 spiro atoms. The molecule has 1 aliphatic rings. The standard InChI is InChI=1S/C14H15FN4O3S/c1-9-13(14(20)16-10-6-7-23(21,22)8-10)17-18-19(9)12-5-3-2-4-11(12)15/h2-5,10H,6-8H2,1H3,(H,16,20)/t10-/m0/s1. The van der Waals surface area contributed by atoms with Crippen LogP contribution in [0.1, 0.15) is 22.6 Å². The van der Waals surface area contributed by atoms with E-state index in [-0.39, 0.29) is 22.9 Å². The van der Waals surface area contributed by atoms with Gasteiger partial charge in [0.15, 0.2) is 15.5 Å². The fraction of sp³-hybridized carbons (Fsp3) is 0.357. The lowest BCUT2D eigenvalue weighted by Crippen LogP contribution is -2.36. The molecule has 0 radical (unpaired) electrons. The monoisotopic (exact) mass is 338 g/mol. The number of nitrogens with zero attached hydrogens (tertiary/aromatic N) is 3. The van der Waals surface area contributed by atoms with Gasteiger partial charge in [-0.2, -0.15) is 0 Å². The number of para-hydroxylation sites is 1. The van der Waals surface area contributed by atoms with E-state index in [2.05, 4.69) is 15.6 Å². The Hall–Kier alpha value is -2.29. The normalized spacial score (nSPS) is 19.7. The zero-order valence-corrected chi connectivity index (χ0v) is 13.2. The van der Waals surface area contributed by atoms with Crippen LogP contribution in [0.15, 0.2) is 24.3 Å². The Labute approximate surface area is 132 Å². The second-order valence-corrected chi connectivity index (χ2v) is 7.69. The van der Waals surface area contributed by atoms with Gasteiger partial charge in [0.25, 0.3) is 5.91 Å². The van der Waals surface area contributed by atoms with E-state index < -0.39 is 27.6 Å². The summed E-state index contributed by atoms with van der Waals surface area (Å²) in [5.41, 5.74) is 0.631. The van der Waals surface area contributed by atoms with Crippen molar-refractivity contribution in [3.05, 3.63) is 41.5 Å². The number of aromatic nitrogens is 3. The molecule has 1 aromatic heterocycles. The van der Waals surface area contributed by atoms with E-state index in [1.54, 1.807) is 19.1 Å². The Kier molecular flexibility index (Phi) is 3.88. The first-order chi connectivity index (χ1) is 10.9. The zero-order chi connectivity index (χ0) is 16.6. The summed E-state index contributed by atoms with van der Waals surface area (Å²) >= 11 is 0. The average Bonchev–Trinajstić information content (AvgIpc) is 3.02. The summed E-state index contributed by atoms with van der Waals surface area (Å²) in [6.07, 6.45) is 0.384. The quantitative estimate of drug-likeness (QED) is 0.886. The van der Waals surface area contributed by atoms with Crippen LogP contribution >= 0.6 is 0 Å². The predicted molar refractivity (Wildman–Crippen MR) is 80.6 cm³/mol. The van der Waals surface area contributed by atoms with Gasteiger partial charge in [0.05, 0.1) is 17.2 Å². The van der Waals surface area contributed by atoms with Crippen LogP contribution < -0.4 is 5.32 Å². The number of nitrogens with one attached hydrogen (secondary N) is 1. The second kappa shape index (κ2) is 5.73. The minimum atomic E-state index is -3.08. The maximum atomic E-state index is 13.8. The van der Waals surface area contributed by atoms with E-state index in [1.165, 1.54) is 16.8 Å². The smallest absolute Gasteiger partial charge is 0.274 e. The van der Waals surface area contributed by atoms with E-state index in [0.29, 0.717) is 12.1 Å². The minimum absolute atomic E-state index is 0.0533. The number of hydrogen-bond acceptors (Lipinski definition) is 5. The third-order valence-corrected chi connectivity index (χ3v) is 5.53. The zero-order valence-electron chi connectivity index (χ0n) is 12.4. The number of benzene rings is 1. The Bertz CT molecular complexity index is 863. The number of carbonyl (C=O) groups is 1. The van der Waals surface area contributed by atoms with Crippen LogP contribution in [-0.2, 0) is 9.84 Å². The van der Waals surface area contributed by atoms with Crippen molar-refractivity contribution in [1.29, 1.82) is 0 Å². The first-order valence-corrected chi connectivity index (χ1v) is 8.88. The molecule has 0 unspecified atom stereocenters. The van der Waals surface area contributed by atoms with Crippen LogP contribution in [-0.4, -0.2) is 46.9 Å². The molecule has 2 heterocycles. The Balaban J connectivity index is 1.82. The van der Waals surface area contributed by atoms with Crippen molar-refractivity contribution in [1.82, 2.24) is 20.3 Å². The van der Waals surface area contributed by atoms with E-state index in [0.717, 1.165) is 0 Å². The molecule has 1 fully saturated rings. The predicted octanol–water partition coefficient (Wildman–Crippen LogP) is 0.632. The van der Waals surface area contributed by atoms with Crippen molar-refractivity contribution < 1.29 is 17.6 Å². The summed E-state index contributed by atoms with van der Waals surface area (Å²) in [7, 11) is -3.08. The average molecular weight is 338 g/mol. The van der Waals surface area contributed by atoms with Gasteiger partial charge in [-0.05, 0) is 25.5 Å². The molecule has 3 rings (SSSR count). The van der Waals surface area contributed by atoms with Crippen LogP contribution in [0.3, 0.4) is 0 Å². The molecule has 23 heavy (non-hydrogen) atoms. The molecule has 2 aromatic rings. The number of rotatable bonds is 3. The van der Waals surface area contributed by atoms with Crippen molar-refractivity contribution in [2.24, 2.45) is 0 Å². The number of hydrogen-bond donors (Lipinski definition) is 1. The Morgan fingerprint density at radius 1 is 1.39 bits per heavy atom. The molecule has 1 atom stereocenters. The lowest BCUT2D eigenvalue weighted by atomic mass is 10.2. The molecule has 0 bridgehead atoms. The van der Waals surface area contributed by atoms with Crippen molar-refractivity contribution in [3.63, 3.8) is 0 Å². The third-order valence-electron chi connectivity index (χ3n) is 3.76. The van der Waals surface area contributed by atoms with Gasteiger partial charge in [0, 0.05) is 6.04 Å². The van der Waals surface area contributed by atoms with E-state index in [1.807, 2.05) is 0 Å². The number of amides is 1. The minimum Gasteiger partial charge on any atom is -0.347 e. The second-order valence-electron chi connectivity index (χ2n) is 5.46. The first kappa shape index (κ1) is 15.6. The van der Waals surface area contributed by atoms with Gasteiger partial charge in [-0.1, -0.05) is 17.3 Å². The summed E-state index contributed by atoms with van der Waals surface area (Å²) in [4.78, 5) is 12.2. The SMILES string of the molecule is Cc1c(C(=O)N[C@H]2CCS(=O)(=O)C2)nnn1-c1ccccc1F. The summed E-state index contributed by atoms with van der Waals surface area (Å²) in [6.45, 7) is 1.60. The summed E-state index contributed by atoms with van der Waals surface area (Å²) < 4.78 is 37.9. The molecule has 1 amide bonds. The lowest BCUT2D eigenvalue weighted by Gasteiger charge is -2.09. The molecule has 0 saturated carbocycles. The molecule has 1 aromatic carbocycles. The van der Waals surface area contributed by atoms with Crippen LogP contribution in [0.4, 0.5) is 4.39 Å². The topological polar surface area (TPSA) is 93.9 Å². The highest BCUT2D eigenvalue weighted by Crippen LogP contribution is 2.16. The molecular formula is C14H15FN4O3S. The molecule has 1 N–H and O–H groups in total. The van der Waals surface area contributed by atoms with Gasteiger partial charge in [-0.15, -0.1) is 5.10 Å². The lowest BCUT2D eigenvalue weighted by molar-refractivity contribution is 0.0935. The van der Waals surface area contributed by atoms with Crippen molar-refractivity contribution in [2.45, 2.75) is 19.4 Å². The molecule has 0 aliphatic carbocycles. The van der Waals surface area contributed by atoms with Gasteiger partial charge >= 0.3 is 0 Å². The largest absolute Gasteiger partial charge is 0.347 e. The summed E-state index contributed by atoms with van der Waals surface area (Å²) in [5.74, 6) is -0.987. The molecular weight excluding hydrogens is 323 g/mol. The highest BCUT2D eigenvalue weighted by Gasteiger charge is 2.30. The molecule has 122 valence electrons. The van der Waals surface area contributed by atoms with Gasteiger partial charge in [0.2, 0.25) is 0 Å². The molecule has 1 aliphatic heterocycles. The maximum absolute atomic E-state index is 13.8. The Morgan fingerprint density at radius 2 is 2.13 bits per heavy atom. The number of carbonyl (C=O) groups excluding carboxylic acids is 1. The molecule has 7 nitrogen and oxygen atoms in total. The van der Waals surface area contributed by atoms with Gasteiger partial charge in [0.1, 0.15) is 11.5 Å². The van der Waals surface area contributed by atoms with Crippen LogP contribution in [0.25, 0.3) is 5.69 Å². The van der Waals surface area contributed by atoms with Crippen LogP contribution in [0.5, 0.6) is 0 Å². The number of sulfone groups is 1. The van der Waals surface area contributed by atoms with E-state index in [9.17, 15) is 17.6 Å². The fourth-order valence-electron chi connectivity index (χ4n) is 2.55. The fourth-order valence-corrected chi connectivity index (χ4v) is 4.23. The summed E-state index contributed by atoms with van der Waals surface area (Å²) in [5, 5.41) is 10.3. The first-order valence-electron chi connectivity index (χ1n) is 7.06. The van der Waals surface area contributed by atoms with Crippen LogP contribution in [0.2, 0.25) is 0 Å². The van der Waals surface area contributed by atoms with E-state index >= 15 is 0 Å². The third kappa shape index (κ3) is 3.09. The molecule has 1 saturated heterocycles. The van der Waals surface area contributed by atoms with E-state index in [4.69, 9.17) is 0 Å². The van der Waals surface area contributed by atoms with Crippen molar-refractivity contribution in [2.75, 3.05) is 11.5 Å². The van der Waals surface area contributed by atoms with Gasteiger partial charge < -0.3 is 5.32 Å². The maximum Gasteiger partial charge on any atom is 0.274 e. The van der Waals surface area contributed by atoms with Gasteiger partial charge in [-0.3, -0.25) is 4.79 Å². The van der Waals surface area contributed by atoms with Crippen molar-refractivity contribution in [3.8, 4) is 5.69 Å².